The van der Waals surface area contributed by atoms with Crippen LogP contribution >= 0.6 is 11.6 Å². The smallest absolute Gasteiger partial charge is 0.415 e. The van der Waals surface area contributed by atoms with Gasteiger partial charge in [-0.1, -0.05) is 23.7 Å². The number of cyclic esters (lactones) is 1. The van der Waals surface area contributed by atoms with Gasteiger partial charge in [0, 0.05) is 6.54 Å². The summed E-state index contributed by atoms with van der Waals surface area (Å²) in [6, 6.07) is 7.15. The Bertz CT molecular complexity index is 424. The second-order valence-electron chi connectivity index (χ2n) is 4.04. The van der Waals surface area contributed by atoms with Crippen molar-refractivity contribution >= 4 is 23.4 Å². The zero-order chi connectivity index (χ0) is 11.8. The summed E-state index contributed by atoms with van der Waals surface area (Å²) in [7, 11) is 0. The van der Waals surface area contributed by atoms with Gasteiger partial charge in [0.05, 0.1) is 16.2 Å². The fraction of sp³-hybridized carbons (Fsp3) is 0.364. The minimum absolute atomic E-state index is 0.285. The van der Waals surface area contributed by atoms with Crippen molar-refractivity contribution in [2.75, 3.05) is 18.1 Å². The Morgan fingerprint density at radius 3 is 2.88 bits per heavy atom. The van der Waals surface area contributed by atoms with Crippen LogP contribution in [0.4, 0.5) is 10.5 Å². The Hall–Kier alpha value is -1.26. The highest BCUT2D eigenvalue weighted by molar-refractivity contribution is 6.33. The molecule has 86 valence electrons. The number of halogens is 1. The van der Waals surface area contributed by atoms with Crippen molar-refractivity contribution in [3.8, 4) is 0 Å². The first-order chi connectivity index (χ1) is 7.58. The van der Waals surface area contributed by atoms with Gasteiger partial charge in [-0.3, -0.25) is 4.90 Å². The lowest BCUT2D eigenvalue weighted by Crippen LogP contribution is -2.50. The van der Waals surface area contributed by atoms with Gasteiger partial charge in [0.1, 0.15) is 6.61 Å². The maximum absolute atomic E-state index is 11.7. The summed E-state index contributed by atoms with van der Waals surface area (Å²) in [6.45, 7) is 2.48. The first-order valence-corrected chi connectivity index (χ1v) is 5.38. The molecule has 1 aliphatic heterocycles. The number of anilines is 1. The predicted octanol–water partition coefficient (Wildman–Crippen LogP) is 2.01. The van der Waals surface area contributed by atoms with E-state index < -0.39 is 11.6 Å². The van der Waals surface area contributed by atoms with Gasteiger partial charge in [0.15, 0.2) is 0 Å². The topological polar surface area (TPSA) is 55.6 Å². The molecule has 16 heavy (non-hydrogen) atoms. The maximum atomic E-state index is 11.7. The van der Waals surface area contributed by atoms with Gasteiger partial charge in [-0.2, -0.15) is 0 Å². The van der Waals surface area contributed by atoms with E-state index in [2.05, 4.69) is 0 Å². The Morgan fingerprint density at radius 1 is 1.56 bits per heavy atom. The fourth-order valence-electron chi connectivity index (χ4n) is 1.74. The molecule has 4 nitrogen and oxygen atoms in total. The van der Waals surface area contributed by atoms with E-state index in [0.29, 0.717) is 17.3 Å². The van der Waals surface area contributed by atoms with Crippen molar-refractivity contribution in [3.05, 3.63) is 29.3 Å². The van der Waals surface area contributed by atoms with Crippen LogP contribution in [-0.4, -0.2) is 24.8 Å². The average Bonchev–Trinajstić information content (AvgIpc) is 2.57. The molecule has 1 heterocycles. The van der Waals surface area contributed by atoms with Crippen LogP contribution in [0.3, 0.4) is 0 Å². The third kappa shape index (κ3) is 1.64. The summed E-state index contributed by atoms with van der Waals surface area (Å²) in [4.78, 5) is 13.2. The van der Waals surface area contributed by atoms with E-state index in [0.717, 1.165) is 0 Å². The molecule has 1 unspecified atom stereocenters. The van der Waals surface area contributed by atoms with Crippen LogP contribution in [0.2, 0.25) is 5.02 Å². The number of para-hydroxylation sites is 1. The molecular formula is C11H13ClN2O2. The SMILES string of the molecule is CC1(CN)COC(=O)N1c1ccccc1Cl. The van der Waals surface area contributed by atoms with Crippen molar-refractivity contribution in [3.63, 3.8) is 0 Å². The van der Waals surface area contributed by atoms with Gasteiger partial charge in [-0.25, -0.2) is 4.79 Å². The fourth-order valence-corrected chi connectivity index (χ4v) is 1.96. The van der Waals surface area contributed by atoms with Crippen molar-refractivity contribution in [2.45, 2.75) is 12.5 Å². The van der Waals surface area contributed by atoms with E-state index in [1.54, 1.807) is 12.1 Å². The van der Waals surface area contributed by atoms with Gasteiger partial charge in [-0.15, -0.1) is 0 Å². The Balaban J connectivity index is 2.46. The van der Waals surface area contributed by atoms with Crippen LogP contribution in [0.25, 0.3) is 0 Å². The van der Waals surface area contributed by atoms with Gasteiger partial charge < -0.3 is 10.5 Å². The molecule has 1 saturated heterocycles. The van der Waals surface area contributed by atoms with Crippen molar-refractivity contribution in [1.82, 2.24) is 0 Å². The van der Waals surface area contributed by atoms with Crippen molar-refractivity contribution in [1.29, 1.82) is 0 Å². The number of carbonyl (C=O) groups excluding carboxylic acids is 1. The largest absolute Gasteiger partial charge is 0.447 e. The molecule has 5 heteroatoms. The number of rotatable bonds is 2. The first-order valence-electron chi connectivity index (χ1n) is 5.00. The number of hydrogen-bond donors (Lipinski definition) is 1. The van der Waals surface area contributed by atoms with Crippen LogP contribution in [-0.2, 0) is 4.74 Å². The average molecular weight is 241 g/mol. The molecule has 0 aromatic heterocycles. The number of nitrogens with zero attached hydrogens (tertiary/aromatic N) is 1. The van der Waals surface area contributed by atoms with E-state index >= 15 is 0 Å². The summed E-state index contributed by atoms with van der Waals surface area (Å²) in [6.07, 6.45) is -0.402. The summed E-state index contributed by atoms with van der Waals surface area (Å²) in [5.41, 5.74) is 5.80. The number of ether oxygens (including phenoxy) is 1. The zero-order valence-electron chi connectivity index (χ0n) is 8.94. The molecule has 1 fully saturated rings. The number of benzene rings is 1. The number of amides is 1. The van der Waals surface area contributed by atoms with Gasteiger partial charge in [-0.05, 0) is 19.1 Å². The Labute approximate surface area is 98.9 Å². The lowest BCUT2D eigenvalue weighted by atomic mass is 10.0. The lowest BCUT2D eigenvalue weighted by molar-refractivity contribution is 0.174. The van der Waals surface area contributed by atoms with E-state index in [9.17, 15) is 4.79 Å². The van der Waals surface area contributed by atoms with Crippen LogP contribution < -0.4 is 10.6 Å². The minimum atomic E-state index is -0.526. The second kappa shape index (κ2) is 3.96. The molecule has 2 N–H and O–H groups in total. The standard InChI is InChI=1S/C11H13ClN2O2/c1-11(6-13)7-16-10(15)14(11)9-5-3-2-4-8(9)12/h2-5H,6-7,13H2,1H3. The van der Waals surface area contributed by atoms with Gasteiger partial charge in [0.2, 0.25) is 0 Å². The number of carbonyl (C=O) groups is 1. The van der Waals surface area contributed by atoms with Crippen molar-refractivity contribution < 1.29 is 9.53 Å². The number of nitrogens with two attached hydrogens (primary N) is 1. The molecule has 0 spiro atoms. The Kier molecular flexibility index (Phi) is 2.78. The maximum Gasteiger partial charge on any atom is 0.415 e. The van der Waals surface area contributed by atoms with Crippen LogP contribution in [0, 0.1) is 0 Å². The quantitative estimate of drug-likeness (QED) is 0.861. The minimum Gasteiger partial charge on any atom is -0.447 e. The second-order valence-corrected chi connectivity index (χ2v) is 4.45. The molecule has 1 amide bonds. The molecule has 1 aliphatic rings. The summed E-state index contributed by atoms with van der Waals surface area (Å²) < 4.78 is 5.03. The van der Waals surface area contributed by atoms with E-state index in [1.807, 2.05) is 19.1 Å². The molecule has 1 atom stereocenters. The lowest BCUT2D eigenvalue weighted by Gasteiger charge is -2.30. The molecule has 1 aromatic rings. The third-order valence-corrected chi connectivity index (χ3v) is 3.08. The van der Waals surface area contributed by atoms with E-state index in [1.165, 1.54) is 4.90 Å². The summed E-state index contributed by atoms with van der Waals surface area (Å²) in [5.74, 6) is 0. The first kappa shape index (κ1) is 11.2. The summed E-state index contributed by atoms with van der Waals surface area (Å²) in [5, 5.41) is 0.515. The zero-order valence-corrected chi connectivity index (χ0v) is 9.70. The van der Waals surface area contributed by atoms with Crippen molar-refractivity contribution in [2.24, 2.45) is 5.73 Å². The summed E-state index contributed by atoms with van der Waals surface area (Å²) >= 11 is 6.06. The van der Waals surface area contributed by atoms with E-state index in [-0.39, 0.29) is 6.61 Å². The van der Waals surface area contributed by atoms with Crippen LogP contribution in [0.15, 0.2) is 24.3 Å². The van der Waals surface area contributed by atoms with Crippen LogP contribution in [0.5, 0.6) is 0 Å². The molecule has 2 rings (SSSR count). The molecule has 1 aromatic carbocycles. The number of hydrogen-bond acceptors (Lipinski definition) is 3. The van der Waals surface area contributed by atoms with Gasteiger partial charge in [0.25, 0.3) is 0 Å². The molecule has 0 aliphatic carbocycles. The molecular weight excluding hydrogens is 228 g/mol. The molecule has 0 saturated carbocycles. The van der Waals surface area contributed by atoms with Gasteiger partial charge >= 0.3 is 6.09 Å². The Morgan fingerprint density at radius 2 is 2.25 bits per heavy atom. The predicted molar refractivity (Wildman–Crippen MR) is 62.7 cm³/mol. The normalized spacial score (nSPS) is 24.7. The molecule has 0 radical (unpaired) electrons. The molecule has 0 bridgehead atoms. The van der Waals surface area contributed by atoms with Crippen LogP contribution in [0.1, 0.15) is 6.92 Å². The van der Waals surface area contributed by atoms with E-state index in [4.69, 9.17) is 22.1 Å². The third-order valence-electron chi connectivity index (χ3n) is 2.76. The highest BCUT2D eigenvalue weighted by atomic mass is 35.5. The monoisotopic (exact) mass is 240 g/mol. The highest BCUT2D eigenvalue weighted by Gasteiger charge is 2.44. The highest BCUT2D eigenvalue weighted by Crippen LogP contribution is 2.34.